The molecule has 6 aliphatic heterocycles. The highest BCUT2D eigenvalue weighted by Gasteiger charge is 2.56. The Labute approximate surface area is 415 Å². The van der Waals surface area contributed by atoms with E-state index in [-0.39, 0.29) is 94.7 Å². The fourth-order valence-electron chi connectivity index (χ4n) is 10.0. The van der Waals surface area contributed by atoms with Gasteiger partial charge in [0.05, 0.1) is 65.1 Å². The van der Waals surface area contributed by atoms with Crippen LogP contribution >= 0.6 is 0 Å². The first-order chi connectivity index (χ1) is 27.9. The molecule has 0 radical (unpaired) electrons. The molecule has 6 atom stereocenters. The van der Waals surface area contributed by atoms with Gasteiger partial charge < -0.3 is 51.5 Å². The quantitative estimate of drug-likeness (QED) is 0.0726. The van der Waals surface area contributed by atoms with Gasteiger partial charge in [-0.15, -0.1) is 0 Å². The molecule has 0 aromatic carbocycles. The Bertz CT molecular complexity index is 1530. The van der Waals surface area contributed by atoms with E-state index >= 15 is 0 Å². The second kappa shape index (κ2) is 24.3. The number of carbonyl (C=O) groups excluding carboxylic acids is 1. The second-order valence-electron chi connectivity index (χ2n) is 24.4. The third kappa shape index (κ3) is 15.6. The summed E-state index contributed by atoms with van der Waals surface area (Å²) >= 11 is 0. The smallest absolute Gasteiger partial charge is 0.308 e. The fraction of sp³-hybridized carbons (Fsp3) is 0.960. The molecule has 410 valence electrons. The van der Waals surface area contributed by atoms with E-state index in [1.54, 1.807) is 19.9 Å². The number of carboxylic acids is 1. The Hall–Kier alpha value is -1.71. The first-order valence-corrected chi connectivity index (χ1v) is 22.3. The van der Waals surface area contributed by atoms with Crippen LogP contribution in [0.5, 0.6) is 0 Å². The van der Waals surface area contributed by atoms with Gasteiger partial charge in [-0.2, -0.15) is 25.3 Å². The van der Waals surface area contributed by atoms with Crippen LogP contribution in [0.1, 0.15) is 208 Å². The highest BCUT2D eigenvalue weighted by molar-refractivity contribution is 5.72. The van der Waals surface area contributed by atoms with E-state index in [0.717, 1.165) is 19.4 Å². The first kappa shape index (κ1) is 72.8. The normalized spacial score (nSPS) is 32.2. The molecular formula is C50H109N7O11. The van der Waals surface area contributed by atoms with E-state index in [0.29, 0.717) is 25.9 Å². The maximum atomic E-state index is 10.9. The van der Waals surface area contributed by atoms with Crippen LogP contribution in [0.3, 0.4) is 0 Å². The molecule has 9 N–H and O–H groups in total. The fourth-order valence-corrected chi connectivity index (χ4v) is 10.0. The minimum atomic E-state index is -0.838. The molecule has 0 aromatic heterocycles. The molecule has 0 aliphatic carbocycles. The number of rotatable bonds is 5. The molecule has 6 heterocycles. The van der Waals surface area contributed by atoms with E-state index in [1.807, 2.05) is 125 Å². The SMILES string of the molecule is C.C.C.C.C.CC1(C)CC(C(=O)O)C(C)(C)N1O.CC1(C)CC(N)C(C)(C)N1O.CC1(C)CC(N=C=O)C(C)(C)N1O.CC1(C)CC(O)C(C)(C)N1O.CC1(C)CC(OCC2CO2)C(C)(C)N1O. The highest BCUT2D eigenvalue weighted by Crippen LogP contribution is 2.45. The maximum Gasteiger partial charge on any atom is 0.308 e. The lowest BCUT2D eigenvalue weighted by atomic mass is 9.87. The van der Waals surface area contributed by atoms with Gasteiger partial charge in [0, 0.05) is 33.7 Å². The van der Waals surface area contributed by atoms with Gasteiger partial charge in [-0.1, -0.05) is 37.1 Å². The molecule has 0 bridgehead atoms. The lowest BCUT2D eigenvalue weighted by Crippen LogP contribution is -2.50. The Kier molecular flexibility index (Phi) is 26.1. The highest BCUT2D eigenvalue weighted by atomic mass is 16.6. The molecule has 18 heteroatoms. The summed E-state index contributed by atoms with van der Waals surface area (Å²) < 4.78 is 10.9. The molecule has 0 aromatic rings. The van der Waals surface area contributed by atoms with Crippen LogP contribution in [-0.2, 0) is 19.1 Å². The number of carboxylic acid groups (broad SMARTS) is 1. The number of aliphatic hydroxyl groups excluding tert-OH is 1. The van der Waals surface area contributed by atoms with Crippen molar-refractivity contribution in [3.05, 3.63) is 0 Å². The first-order valence-electron chi connectivity index (χ1n) is 22.3. The topological polar surface area (TPSA) is 252 Å². The average Bonchev–Trinajstić information content (AvgIpc) is 3.85. The largest absolute Gasteiger partial charge is 0.481 e. The van der Waals surface area contributed by atoms with E-state index in [1.165, 1.54) is 25.3 Å². The summed E-state index contributed by atoms with van der Waals surface area (Å²) in [6.45, 7) is 39.8. The lowest BCUT2D eigenvalue weighted by molar-refractivity contribution is -0.204. The molecular weight excluding hydrogens is 875 g/mol. The summed E-state index contributed by atoms with van der Waals surface area (Å²) in [6.07, 6.45) is 4.94. The maximum absolute atomic E-state index is 10.9. The second-order valence-corrected chi connectivity index (χ2v) is 24.4. The zero-order valence-electron chi connectivity index (χ0n) is 42.4. The number of aliphatic carboxylic acids is 1. The number of hydrogen-bond acceptors (Lipinski definition) is 17. The number of isocyanates is 1. The van der Waals surface area contributed by atoms with Crippen molar-refractivity contribution in [2.45, 2.75) is 293 Å². The zero-order chi connectivity index (χ0) is 49.7. The van der Waals surface area contributed by atoms with Crippen molar-refractivity contribution in [1.82, 2.24) is 25.3 Å². The van der Waals surface area contributed by atoms with Crippen LogP contribution < -0.4 is 5.73 Å². The van der Waals surface area contributed by atoms with Crippen molar-refractivity contribution >= 4 is 12.0 Å². The van der Waals surface area contributed by atoms with E-state index < -0.39 is 40.1 Å². The number of nitrogens with two attached hydrogens (primary N) is 1. The van der Waals surface area contributed by atoms with E-state index in [9.17, 15) is 40.7 Å². The monoisotopic (exact) mass is 984 g/mol. The number of ether oxygens (including phenoxy) is 2. The van der Waals surface area contributed by atoms with Crippen LogP contribution in [-0.4, -0.2) is 173 Å². The van der Waals surface area contributed by atoms with Gasteiger partial charge in [-0.3, -0.25) is 4.79 Å². The average molecular weight is 984 g/mol. The Balaban J connectivity index is -0.000000371. The summed E-state index contributed by atoms with van der Waals surface area (Å²) in [7, 11) is 0. The molecule has 0 spiro atoms. The van der Waals surface area contributed by atoms with Crippen LogP contribution in [0.15, 0.2) is 4.99 Å². The number of nitrogens with zero attached hydrogens (tertiary/aromatic N) is 6. The zero-order valence-corrected chi connectivity index (χ0v) is 42.4. The van der Waals surface area contributed by atoms with Crippen molar-refractivity contribution in [3.8, 4) is 0 Å². The third-order valence-electron chi connectivity index (χ3n) is 14.7. The number of aliphatic hydroxyl groups is 1. The van der Waals surface area contributed by atoms with Gasteiger partial charge in [0.1, 0.15) is 6.10 Å². The number of carbonyl (C=O) groups is 1. The molecule has 68 heavy (non-hydrogen) atoms. The molecule has 0 amide bonds. The Morgan fingerprint density at radius 2 is 0.926 bits per heavy atom. The Morgan fingerprint density at radius 1 is 0.574 bits per heavy atom. The lowest BCUT2D eigenvalue weighted by Gasteiger charge is -2.35. The molecule has 18 nitrogen and oxygen atoms in total. The van der Waals surface area contributed by atoms with Crippen LogP contribution in [0, 0.1) is 5.92 Å². The Morgan fingerprint density at radius 3 is 1.13 bits per heavy atom. The van der Waals surface area contributed by atoms with Crippen molar-refractivity contribution < 1.29 is 55.3 Å². The molecule has 0 saturated carbocycles. The summed E-state index contributed by atoms with van der Waals surface area (Å²) in [5.41, 5.74) is 2.12. The van der Waals surface area contributed by atoms with Gasteiger partial charge in [-0.25, -0.2) is 9.79 Å². The predicted octanol–water partition coefficient (Wildman–Crippen LogP) is 9.25. The van der Waals surface area contributed by atoms with Gasteiger partial charge in [0.25, 0.3) is 0 Å². The summed E-state index contributed by atoms with van der Waals surface area (Å²) in [5.74, 6) is -1.35. The van der Waals surface area contributed by atoms with Gasteiger partial charge in [0.2, 0.25) is 6.08 Å². The van der Waals surface area contributed by atoms with Crippen molar-refractivity contribution in [2.24, 2.45) is 16.6 Å². The van der Waals surface area contributed by atoms with Crippen LogP contribution in [0.25, 0.3) is 0 Å². The molecule has 6 aliphatic rings. The minimum absolute atomic E-state index is 0. The molecule has 6 unspecified atom stereocenters. The molecule has 6 fully saturated rings. The predicted molar refractivity (Wildman–Crippen MR) is 272 cm³/mol. The van der Waals surface area contributed by atoms with E-state index in [2.05, 4.69) is 4.99 Å². The number of aliphatic imine (C=N–C) groups is 1. The number of hydrogen-bond donors (Lipinski definition) is 8. The van der Waals surface area contributed by atoms with Gasteiger partial charge in [0.15, 0.2) is 0 Å². The van der Waals surface area contributed by atoms with Crippen molar-refractivity contribution in [1.29, 1.82) is 0 Å². The van der Waals surface area contributed by atoms with E-state index in [4.69, 9.17) is 20.3 Å². The van der Waals surface area contributed by atoms with Crippen LogP contribution in [0.4, 0.5) is 0 Å². The summed E-state index contributed by atoms with van der Waals surface area (Å²) in [5, 5.41) is 74.0. The third-order valence-corrected chi connectivity index (χ3v) is 14.7. The van der Waals surface area contributed by atoms with Crippen molar-refractivity contribution in [3.63, 3.8) is 0 Å². The van der Waals surface area contributed by atoms with Crippen molar-refractivity contribution in [2.75, 3.05) is 13.2 Å². The summed E-state index contributed by atoms with van der Waals surface area (Å²) in [6, 6.07) is -0.118. The summed E-state index contributed by atoms with van der Waals surface area (Å²) in [4.78, 5) is 24.8. The van der Waals surface area contributed by atoms with Crippen LogP contribution in [0.2, 0.25) is 0 Å². The number of hydroxylamine groups is 10. The minimum Gasteiger partial charge on any atom is -0.481 e. The van der Waals surface area contributed by atoms with Gasteiger partial charge >= 0.3 is 5.97 Å². The van der Waals surface area contributed by atoms with Gasteiger partial charge in [-0.05, 0) is 171 Å². The number of epoxide rings is 1. The standard InChI is InChI=1S/C11H21NO3.C9H16N2O2.C9H17NO3.C8H18N2O.C8H17NO2.5CH4/c1-10(2)5-9(11(3,4)12(10)13)15-7-8-6-14-8;1-8(2)5-7(10-6-12)9(3,4)11(8)13;1-8(2)5-6(7(11)12)9(3,4)10(8)13;1-7(2)5-6(9)8(3,4)10(7)11;1-7(2)5-6(10)8(3,4)9(7)11;;;;;/h8-9,13H,5-7H2,1-4H3;7,13H,5H2,1-4H3;6,13H,5H2,1-4H3,(H,11,12);6,11H,5,9H2,1-4H3;6,10-11H,5H2,1-4H3;5*1H4. The molecule has 6 saturated heterocycles. The molecule has 6 rings (SSSR count).